The second kappa shape index (κ2) is 4.52. The van der Waals surface area contributed by atoms with Crippen molar-refractivity contribution in [3.63, 3.8) is 0 Å². The van der Waals surface area contributed by atoms with E-state index in [0.29, 0.717) is 17.6 Å². The molecule has 3 rings (SSSR count). The molecule has 0 radical (unpaired) electrons. The molecule has 2 heterocycles. The average molecular weight is 239 g/mol. The highest BCUT2D eigenvalue weighted by molar-refractivity contribution is 5.01. The Morgan fingerprint density at radius 1 is 1.18 bits per heavy atom. The lowest BCUT2D eigenvalue weighted by Gasteiger charge is -2.57. The molecule has 2 saturated heterocycles. The van der Waals surface area contributed by atoms with Crippen LogP contribution < -0.4 is 0 Å². The molecule has 0 aromatic rings. The van der Waals surface area contributed by atoms with Crippen LogP contribution in [-0.2, 0) is 9.47 Å². The second-order valence-electron chi connectivity index (χ2n) is 6.48. The molecule has 0 aromatic carbocycles. The third-order valence-corrected chi connectivity index (χ3v) is 4.67. The van der Waals surface area contributed by atoms with Crippen molar-refractivity contribution in [1.82, 2.24) is 4.90 Å². The van der Waals surface area contributed by atoms with Crippen LogP contribution in [0.15, 0.2) is 0 Å². The van der Waals surface area contributed by atoms with E-state index in [4.69, 9.17) is 9.47 Å². The van der Waals surface area contributed by atoms with Crippen LogP contribution in [0.3, 0.4) is 0 Å². The number of hydrogen-bond donors (Lipinski definition) is 0. The minimum absolute atomic E-state index is 0.388. The Hall–Kier alpha value is -0.120. The molecule has 98 valence electrons. The van der Waals surface area contributed by atoms with E-state index < -0.39 is 0 Å². The summed E-state index contributed by atoms with van der Waals surface area (Å²) in [7, 11) is 0. The summed E-state index contributed by atoms with van der Waals surface area (Å²) in [5, 5.41) is 0. The molecule has 0 amide bonds. The molecule has 0 aromatic heterocycles. The fourth-order valence-electron chi connectivity index (χ4n) is 3.55. The van der Waals surface area contributed by atoms with Crippen LogP contribution in [0.4, 0.5) is 0 Å². The van der Waals surface area contributed by atoms with Crippen molar-refractivity contribution in [2.24, 2.45) is 5.41 Å². The molecule has 0 bridgehead atoms. The summed E-state index contributed by atoms with van der Waals surface area (Å²) >= 11 is 0. The van der Waals surface area contributed by atoms with E-state index in [0.717, 1.165) is 19.3 Å². The Morgan fingerprint density at radius 2 is 1.82 bits per heavy atom. The summed E-state index contributed by atoms with van der Waals surface area (Å²) in [6.07, 6.45) is 6.20. The Labute approximate surface area is 104 Å². The number of likely N-dealkylation sites (tertiary alicyclic amines) is 1. The number of nitrogens with zero attached hydrogens (tertiary/aromatic N) is 1. The molecule has 0 atom stereocenters. The van der Waals surface area contributed by atoms with Crippen LogP contribution in [0.1, 0.15) is 39.5 Å². The van der Waals surface area contributed by atoms with Gasteiger partial charge >= 0.3 is 0 Å². The van der Waals surface area contributed by atoms with Gasteiger partial charge in [-0.25, -0.2) is 0 Å². The highest BCUT2D eigenvalue weighted by atomic mass is 16.5. The van der Waals surface area contributed by atoms with Gasteiger partial charge in [-0.15, -0.1) is 0 Å². The molecule has 2 aliphatic heterocycles. The van der Waals surface area contributed by atoms with Gasteiger partial charge < -0.3 is 9.47 Å². The monoisotopic (exact) mass is 239 g/mol. The van der Waals surface area contributed by atoms with Crippen LogP contribution in [-0.4, -0.2) is 49.5 Å². The number of rotatable bonds is 3. The molecular weight excluding hydrogens is 214 g/mol. The van der Waals surface area contributed by atoms with E-state index in [1.54, 1.807) is 0 Å². The predicted molar refractivity (Wildman–Crippen MR) is 67.1 cm³/mol. The van der Waals surface area contributed by atoms with Crippen molar-refractivity contribution in [3.05, 3.63) is 0 Å². The predicted octanol–water partition coefficient (Wildman–Crippen LogP) is 2.05. The maximum atomic E-state index is 5.93. The van der Waals surface area contributed by atoms with Crippen molar-refractivity contribution in [3.8, 4) is 0 Å². The van der Waals surface area contributed by atoms with Crippen LogP contribution in [0, 0.1) is 5.41 Å². The zero-order chi connectivity index (χ0) is 11.9. The summed E-state index contributed by atoms with van der Waals surface area (Å²) in [5.74, 6) is 0. The number of hydrogen-bond acceptors (Lipinski definition) is 3. The van der Waals surface area contributed by atoms with E-state index in [1.807, 2.05) is 0 Å². The van der Waals surface area contributed by atoms with Crippen LogP contribution in [0.2, 0.25) is 0 Å². The summed E-state index contributed by atoms with van der Waals surface area (Å²) in [6, 6.07) is 0.741. The molecule has 3 fully saturated rings. The maximum absolute atomic E-state index is 5.93. The minimum Gasteiger partial charge on any atom is -0.378 e. The lowest BCUT2D eigenvalue weighted by Crippen LogP contribution is -2.65. The fraction of sp³-hybridized carbons (Fsp3) is 1.00. The van der Waals surface area contributed by atoms with Gasteiger partial charge in [0.05, 0.1) is 31.5 Å². The molecule has 0 N–H and O–H groups in total. The van der Waals surface area contributed by atoms with E-state index in [1.165, 1.54) is 38.8 Å². The molecule has 0 unspecified atom stereocenters. The summed E-state index contributed by atoms with van der Waals surface area (Å²) in [4.78, 5) is 2.62. The summed E-state index contributed by atoms with van der Waals surface area (Å²) in [6.45, 7) is 8.85. The topological polar surface area (TPSA) is 21.7 Å². The van der Waals surface area contributed by atoms with E-state index in [-0.39, 0.29) is 0 Å². The zero-order valence-electron chi connectivity index (χ0n) is 11.2. The SMILES string of the molecule is CC(C)OC1CCC2(CC1)CN(C1COC1)C2. The molecular formula is C14H25NO2. The van der Waals surface area contributed by atoms with Crippen LogP contribution >= 0.6 is 0 Å². The molecule has 3 aliphatic rings. The Kier molecular flexibility index (Phi) is 3.18. The first-order valence-corrected chi connectivity index (χ1v) is 7.14. The maximum Gasteiger partial charge on any atom is 0.0645 e. The molecule has 1 aliphatic carbocycles. The summed E-state index contributed by atoms with van der Waals surface area (Å²) < 4.78 is 11.2. The molecule has 3 heteroatoms. The van der Waals surface area contributed by atoms with Crippen LogP contribution in [0.5, 0.6) is 0 Å². The minimum atomic E-state index is 0.388. The Bertz CT molecular complexity index is 259. The zero-order valence-corrected chi connectivity index (χ0v) is 11.2. The van der Waals surface area contributed by atoms with Gasteiger partial charge in [0.1, 0.15) is 0 Å². The highest BCUT2D eigenvalue weighted by Gasteiger charge is 2.48. The highest BCUT2D eigenvalue weighted by Crippen LogP contribution is 2.45. The smallest absolute Gasteiger partial charge is 0.0645 e. The lowest BCUT2D eigenvalue weighted by molar-refractivity contribution is -0.150. The van der Waals surface area contributed by atoms with Crippen molar-refractivity contribution in [1.29, 1.82) is 0 Å². The van der Waals surface area contributed by atoms with E-state index >= 15 is 0 Å². The van der Waals surface area contributed by atoms with Gasteiger partial charge in [0, 0.05) is 13.1 Å². The third-order valence-electron chi connectivity index (χ3n) is 4.67. The molecule has 1 spiro atoms. The van der Waals surface area contributed by atoms with E-state index in [2.05, 4.69) is 18.7 Å². The average Bonchev–Trinajstić information content (AvgIpc) is 2.15. The van der Waals surface area contributed by atoms with Crippen molar-refractivity contribution < 1.29 is 9.47 Å². The van der Waals surface area contributed by atoms with Gasteiger partial charge in [-0.05, 0) is 44.9 Å². The van der Waals surface area contributed by atoms with Gasteiger partial charge in [0.15, 0.2) is 0 Å². The lowest BCUT2D eigenvalue weighted by atomic mass is 9.67. The quantitative estimate of drug-likeness (QED) is 0.752. The third kappa shape index (κ3) is 2.38. The first-order chi connectivity index (χ1) is 8.17. The van der Waals surface area contributed by atoms with Gasteiger partial charge in [0.2, 0.25) is 0 Å². The van der Waals surface area contributed by atoms with Crippen molar-refractivity contribution >= 4 is 0 Å². The van der Waals surface area contributed by atoms with Crippen molar-refractivity contribution in [2.75, 3.05) is 26.3 Å². The van der Waals surface area contributed by atoms with Crippen LogP contribution in [0.25, 0.3) is 0 Å². The Balaban J connectivity index is 1.43. The fourth-order valence-corrected chi connectivity index (χ4v) is 3.55. The largest absolute Gasteiger partial charge is 0.378 e. The molecule has 1 saturated carbocycles. The first-order valence-electron chi connectivity index (χ1n) is 7.14. The van der Waals surface area contributed by atoms with Gasteiger partial charge in [0.25, 0.3) is 0 Å². The molecule has 17 heavy (non-hydrogen) atoms. The normalized spacial score (nSPS) is 30.5. The standard InChI is InChI=1S/C14H25NO2/c1-11(2)17-13-3-5-14(6-4-13)9-15(10-14)12-7-16-8-12/h11-13H,3-10H2,1-2H3. The van der Waals surface area contributed by atoms with Gasteiger partial charge in [-0.2, -0.15) is 0 Å². The summed E-state index contributed by atoms with van der Waals surface area (Å²) in [5.41, 5.74) is 0.645. The second-order valence-corrected chi connectivity index (χ2v) is 6.48. The molecule has 3 nitrogen and oxygen atoms in total. The van der Waals surface area contributed by atoms with Gasteiger partial charge in [-0.3, -0.25) is 4.90 Å². The Morgan fingerprint density at radius 3 is 2.29 bits per heavy atom. The van der Waals surface area contributed by atoms with Gasteiger partial charge in [-0.1, -0.05) is 0 Å². The van der Waals surface area contributed by atoms with E-state index in [9.17, 15) is 0 Å². The number of ether oxygens (including phenoxy) is 2. The van der Waals surface area contributed by atoms with Crippen molar-refractivity contribution in [2.45, 2.75) is 57.8 Å². The first kappa shape index (κ1) is 11.9.